The largest absolute Gasteiger partial charge is 0.493 e. The van der Waals surface area contributed by atoms with Crippen LogP contribution in [-0.2, 0) is 7.05 Å². The summed E-state index contributed by atoms with van der Waals surface area (Å²) in [5, 5.41) is 3.50. The molecule has 32 heavy (non-hydrogen) atoms. The van der Waals surface area contributed by atoms with Crippen molar-refractivity contribution in [3.63, 3.8) is 0 Å². The van der Waals surface area contributed by atoms with E-state index in [0.717, 1.165) is 50.4 Å². The Balaban J connectivity index is 1.85. The van der Waals surface area contributed by atoms with Crippen molar-refractivity contribution in [2.45, 2.75) is 32.3 Å². The van der Waals surface area contributed by atoms with E-state index in [1.807, 2.05) is 57.3 Å². The maximum atomic E-state index is 13.8. The second-order valence-electron chi connectivity index (χ2n) is 8.90. The molecule has 5 rings (SSSR count). The summed E-state index contributed by atoms with van der Waals surface area (Å²) >= 11 is 2.38. The highest BCUT2D eigenvalue weighted by Crippen LogP contribution is 2.41. The van der Waals surface area contributed by atoms with Crippen molar-refractivity contribution in [3.05, 3.63) is 64.3 Å². The van der Waals surface area contributed by atoms with Gasteiger partial charge in [0, 0.05) is 24.1 Å². The van der Waals surface area contributed by atoms with Gasteiger partial charge in [0.15, 0.2) is 0 Å². The Bertz CT molecular complexity index is 1450. The molecule has 0 aliphatic carbocycles. The summed E-state index contributed by atoms with van der Waals surface area (Å²) in [6, 6.07) is 14.2. The lowest BCUT2D eigenvalue weighted by molar-refractivity contribution is 0.158. The first-order chi connectivity index (χ1) is 15.4. The van der Waals surface area contributed by atoms with Crippen molar-refractivity contribution >= 4 is 61.2 Å². The zero-order valence-corrected chi connectivity index (χ0v) is 20.7. The van der Waals surface area contributed by atoms with Gasteiger partial charge in [-0.2, -0.15) is 0 Å². The number of alkyl halides is 1. The monoisotopic (exact) mass is 539 g/mol. The van der Waals surface area contributed by atoms with Crippen LogP contribution in [0.1, 0.15) is 32.3 Å². The predicted octanol–water partition coefficient (Wildman–Crippen LogP) is 6.62. The van der Waals surface area contributed by atoms with E-state index in [-0.39, 0.29) is 5.43 Å². The highest BCUT2D eigenvalue weighted by molar-refractivity contribution is 14.1. The number of ether oxygens (including phenoxy) is 2. The molecule has 0 bridgehead atoms. The van der Waals surface area contributed by atoms with Gasteiger partial charge in [0.05, 0.1) is 23.0 Å². The normalized spacial score (nSPS) is 14.6. The molecule has 0 unspecified atom stereocenters. The molecule has 0 fully saturated rings. The Morgan fingerprint density at radius 3 is 2.59 bits per heavy atom. The first kappa shape index (κ1) is 21.3. The Hall–Kier alpha value is -2.54. The zero-order chi connectivity index (χ0) is 22.5. The summed E-state index contributed by atoms with van der Waals surface area (Å²) in [5.74, 6) is 1.36. The summed E-state index contributed by atoms with van der Waals surface area (Å²) in [6.07, 6.45) is 6.16. The molecule has 1 aliphatic rings. The Labute approximate surface area is 201 Å². The molecule has 1 aliphatic heterocycles. The van der Waals surface area contributed by atoms with Crippen LogP contribution in [0.5, 0.6) is 11.5 Å². The molecule has 0 saturated carbocycles. The van der Waals surface area contributed by atoms with E-state index < -0.39 is 5.60 Å². The minimum absolute atomic E-state index is 0.00350. The van der Waals surface area contributed by atoms with Crippen LogP contribution in [0.3, 0.4) is 0 Å². The summed E-state index contributed by atoms with van der Waals surface area (Å²) in [6.45, 7) is 4.64. The van der Waals surface area contributed by atoms with Gasteiger partial charge in [0.25, 0.3) is 0 Å². The first-order valence-electron chi connectivity index (χ1n) is 11.0. The molecule has 0 spiro atoms. The number of aryl methyl sites for hydroxylation is 1. The molecule has 0 N–H and O–H groups in total. The number of aromatic nitrogens is 1. The number of hydrogen-bond donors (Lipinski definition) is 0. The van der Waals surface area contributed by atoms with Gasteiger partial charge in [-0.05, 0) is 66.2 Å². The molecular formula is C27H26INO3. The topological polar surface area (TPSA) is 40.5 Å². The van der Waals surface area contributed by atoms with E-state index in [0.29, 0.717) is 23.1 Å². The number of unbranched alkanes of at least 4 members (excludes halogenated alkanes) is 1. The van der Waals surface area contributed by atoms with Gasteiger partial charge in [-0.3, -0.25) is 4.79 Å². The molecule has 0 saturated heterocycles. The quantitative estimate of drug-likeness (QED) is 0.124. The van der Waals surface area contributed by atoms with Crippen molar-refractivity contribution in [2.75, 3.05) is 11.0 Å². The smallest absolute Gasteiger partial charge is 0.201 e. The third kappa shape index (κ3) is 3.56. The highest BCUT2D eigenvalue weighted by atomic mass is 127. The fourth-order valence-corrected chi connectivity index (χ4v) is 5.03. The zero-order valence-electron chi connectivity index (χ0n) is 18.6. The Kier molecular flexibility index (Phi) is 5.40. The van der Waals surface area contributed by atoms with Gasteiger partial charge in [-0.1, -0.05) is 46.9 Å². The highest BCUT2D eigenvalue weighted by Gasteiger charge is 2.27. The van der Waals surface area contributed by atoms with E-state index in [1.54, 1.807) is 0 Å². The molecule has 0 radical (unpaired) electrons. The molecule has 4 nitrogen and oxygen atoms in total. The van der Waals surface area contributed by atoms with Gasteiger partial charge < -0.3 is 14.0 Å². The van der Waals surface area contributed by atoms with Crippen LogP contribution in [0.25, 0.3) is 38.7 Å². The van der Waals surface area contributed by atoms with Crippen molar-refractivity contribution in [3.8, 4) is 11.5 Å². The molecule has 164 valence electrons. The lowest BCUT2D eigenvalue weighted by Crippen LogP contribution is -2.28. The number of benzene rings is 3. The standard InChI is InChI=1S/C27H26INO3/c1-27(2)11-10-19-22(32-27)16-23(31-13-7-6-12-28)24-25(19)29(3)21-15-18-9-5-4-8-17(18)14-20(21)26(24)30/h4-5,8-11,14-16H,6-7,12-13H2,1-3H3. The Morgan fingerprint density at radius 2 is 1.84 bits per heavy atom. The van der Waals surface area contributed by atoms with Crippen molar-refractivity contribution < 1.29 is 9.47 Å². The lowest BCUT2D eigenvalue weighted by atomic mass is 9.97. The summed E-state index contributed by atoms with van der Waals surface area (Å²) < 4.78 is 15.7. The second-order valence-corrected chi connectivity index (χ2v) is 9.98. The minimum atomic E-state index is -0.412. The van der Waals surface area contributed by atoms with Crippen LogP contribution in [0, 0.1) is 0 Å². The summed E-state index contributed by atoms with van der Waals surface area (Å²) in [5.41, 5.74) is 2.28. The summed E-state index contributed by atoms with van der Waals surface area (Å²) in [7, 11) is 2.02. The Morgan fingerprint density at radius 1 is 1.09 bits per heavy atom. The fourth-order valence-electron chi connectivity index (χ4n) is 4.49. The average molecular weight is 539 g/mol. The number of hydrogen-bond acceptors (Lipinski definition) is 3. The first-order valence-corrected chi connectivity index (χ1v) is 12.5. The minimum Gasteiger partial charge on any atom is -0.493 e. The predicted molar refractivity (Wildman–Crippen MR) is 142 cm³/mol. The van der Waals surface area contributed by atoms with Gasteiger partial charge in [0.1, 0.15) is 17.1 Å². The second kappa shape index (κ2) is 8.10. The SMILES string of the molecule is Cn1c2cc3ccccc3cc2c(=O)c2c(OCCCCI)cc3c(c21)C=CC(C)(C)O3. The van der Waals surface area contributed by atoms with Crippen molar-refractivity contribution in [1.29, 1.82) is 0 Å². The van der Waals surface area contributed by atoms with E-state index >= 15 is 0 Å². The number of fused-ring (bicyclic) bond motifs is 5. The van der Waals surface area contributed by atoms with E-state index in [4.69, 9.17) is 9.47 Å². The third-order valence-electron chi connectivity index (χ3n) is 6.11. The molecule has 0 amide bonds. The third-order valence-corrected chi connectivity index (χ3v) is 6.87. The fraction of sp³-hybridized carbons (Fsp3) is 0.296. The molecule has 3 aromatic carbocycles. The van der Waals surface area contributed by atoms with Gasteiger partial charge in [-0.25, -0.2) is 0 Å². The van der Waals surface area contributed by atoms with Gasteiger partial charge in [-0.15, -0.1) is 0 Å². The molecule has 0 atom stereocenters. The van der Waals surface area contributed by atoms with Crippen LogP contribution >= 0.6 is 22.6 Å². The van der Waals surface area contributed by atoms with Crippen LogP contribution in [0.2, 0.25) is 0 Å². The molecule has 5 heteroatoms. The number of rotatable bonds is 5. The van der Waals surface area contributed by atoms with Gasteiger partial charge in [0.2, 0.25) is 5.43 Å². The maximum absolute atomic E-state index is 13.8. The van der Waals surface area contributed by atoms with Gasteiger partial charge >= 0.3 is 0 Å². The average Bonchev–Trinajstić information content (AvgIpc) is 2.77. The van der Waals surface area contributed by atoms with Crippen LogP contribution in [0.15, 0.2) is 53.3 Å². The maximum Gasteiger partial charge on any atom is 0.201 e. The summed E-state index contributed by atoms with van der Waals surface area (Å²) in [4.78, 5) is 13.8. The molecule has 4 aromatic rings. The van der Waals surface area contributed by atoms with Crippen LogP contribution in [-0.4, -0.2) is 21.2 Å². The number of pyridine rings is 1. The van der Waals surface area contributed by atoms with Crippen molar-refractivity contribution in [2.24, 2.45) is 7.05 Å². The number of nitrogens with zero attached hydrogens (tertiary/aromatic N) is 1. The van der Waals surface area contributed by atoms with E-state index in [9.17, 15) is 4.79 Å². The van der Waals surface area contributed by atoms with Crippen LogP contribution < -0.4 is 14.9 Å². The lowest BCUT2D eigenvalue weighted by Gasteiger charge is -2.29. The molecular weight excluding hydrogens is 513 g/mol. The molecule has 1 aromatic heterocycles. The molecule has 2 heterocycles. The van der Waals surface area contributed by atoms with Crippen LogP contribution in [0.4, 0.5) is 0 Å². The van der Waals surface area contributed by atoms with E-state index in [1.165, 1.54) is 0 Å². The number of halogens is 1. The van der Waals surface area contributed by atoms with E-state index in [2.05, 4.69) is 45.4 Å². The van der Waals surface area contributed by atoms with Crippen molar-refractivity contribution in [1.82, 2.24) is 4.57 Å².